The van der Waals surface area contributed by atoms with Gasteiger partial charge in [-0.05, 0) is 61.7 Å². The summed E-state index contributed by atoms with van der Waals surface area (Å²) in [6, 6.07) is 23.0. The molecule has 0 radical (unpaired) electrons. The minimum absolute atomic E-state index is 0.0631. The van der Waals surface area contributed by atoms with Crippen LogP contribution in [0.25, 0.3) is 11.1 Å². The Morgan fingerprint density at radius 1 is 0.977 bits per heavy atom. The number of anilines is 3. The fourth-order valence-electron chi connectivity index (χ4n) is 5.25. The monoisotopic (exact) mass is 582 g/mol. The molecule has 4 aromatic rings. The number of ether oxygens (including phenoxy) is 2. The number of halogens is 1. The summed E-state index contributed by atoms with van der Waals surface area (Å²) in [5.41, 5.74) is 5.20. The van der Waals surface area contributed by atoms with E-state index in [9.17, 15) is 14.0 Å². The number of amides is 3. The van der Waals surface area contributed by atoms with E-state index < -0.39 is 11.4 Å². The predicted octanol–water partition coefficient (Wildman–Crippen LogP) is 6.88. The molecule has 8 nitrogen and oxygen atoms in total. The Kier molecular flexibility index (Phi) is 8.25. The number of fused-ring (bicyclic) bond motifs is 1. The largest absolute Gasteiger partial charge is 0.496 e. The molecule has 9 heteroatoms. The van der Waals surface area contributed by atoms with Crippen LogP contribution in [0.15, 0.2) is 78.9 Å². The SMILES string of the molecule is COc1cc(NC(=O)NCc2ccccc2)ccc1-c1ccc2c(c1COc1cc(F)ccc1C)N(C)C(=O)C(C)(C)N2. The normalized spacial score (nSPS) is 13.5. The second-order valence-corrected chi connectivity index (χ2v) is 11.0. The summed E-state index contributed by atoms with van der Waals surface area (Å²) in [5, 5.41) is 9.05. The molecule has 0 spiro atoms. The standard InChI is InChI=1S/C34H35FN4O4/c1-21-11-12-23(35)17-29(21)43-20-27-25(15-16-28-31(27)39(4)32(40)34(2,3)38-28)26-14-13-24(18-30(26)42-5)37-33(41)36-19-22-9-7-6-8-10-22/h6-18,38H,19-20H2,1-5H3,(H2,36,37,41). The summed E-state index contributed by atoms with van der Waals surface area (Å²) in [6.07, 6.45) is 0. The van der Waals surface area contributed by atoms with Gasteiger partial charge in [-0.1, -0.05) is 42.5 Å². The van der Waals surface area contributed by atoms with Crippen molar-refractivity contribution in [1.29, 1.82) is 0 Å². The van der Waals surface area contributed by atoms with E-state index in [0.717, 1.165) is 33.5 Å². The second kappa shape index (κ2) is 12.1. The Morgan fingerprint density at radius 2 is 1.72 bits per heavy atom. The second-order valence-electron chi connectivity index (χ2n) is 11.0. The van der Waals surface area contributed by atoms with E-state index in [2.05, 4.69) is 16.0 Å². The van der Waals surface area contributed by atoms with E-state index in [0.29, 0.717) is 29.4 Å². The number of rotatable bonds is 8. The highest BCUT2D eigenvalue weighted by Crippen LogP contribution is 2.45. The molecule has 0 bridgehead atoms. The van der Waals surface area contributed by atoms with Crippen molar-refractivity contribution in [3.8, 4) is 22.6 Å². The van der Waals surface area contributed by atoms with Crippen LogP contribution in [0.4, 0.5) is 26.2 Å². The van der Waals surface area contributed by atoms with Gasteiger partial charge in [0.2, 0.25) is 0 Å². The molecule has 0 saturated heterocycles. The molecule has 43 heavy (non-hydrogen) atoms. The topological polar surface area (TPSA) is 91.9 Å². The number of methoxy groups -OCH3 is 1. The minimum atomic E-state index is -0.799. The van der Waals surface area contributed by atoms with Crippen molar-refractivity contribution in [3.63, 3.8) is 0 Å². The third-order valence-electron chi connectivity index (χ3n) is 7.47. The van der Waals surface area contributed by atoms with E-state index in [1.807, 2.05) is 69.3 Å². The molecular formula is C34H35FN4O4. The lowest BCUT2D eigenvalue weighted by Crippen LogP contribution is -2.52. The lowest BCUT2D eigenvalue weighted by molar-refractivity contribution is -0.121. The molecule has 3 N–H and O–H groups in total. The van der Waals surface area contributed by atoms with Crippen LogP contribution in [0, 0.1) is 12.7 Å². The molecule has 1 aliphatic heterocycles. The first-order chi connectivity index (χ1) is 20.6. The smallest absolute Gasteiger partial charge is 0.319 e. The van der Waals surface area contributed by atoms with Crippen LogP contribution in [0.3, 0.4) is 0 Å². The average molecular weight is 583 g/mol. The molecule has 0 fully saturated rings. The van der Waals surface area contributed by atoms with Gasteiger partial charge < -0.3 is 30.3 Å². The number of carbonyl (C=O) groups is 2. The molecule has 1 aliphatic rings. The molecule has 0 atom stereocenters. The molecule has 3 amide bonds. The minimum Gasteiger partial charge on any atom is -0.496 e. The molecule has 0 unspecified atom stereocenters. The molecular weight excluding hydrogens is 547 g/mol. The van der Waals surface area contributed by atoms with Gasteiger partial charge in [0.1, 0.15) is 29.5 Å². The van der Waals surface area contributed by atoms with E-state index in [1.165, 1.54) is 12.1 Å². The highest BCUT2D eigenvalue weighted by Gasteiger charge is 2.38. The van der Waals surface area contributed by atoms with Crippen molar-refractivity contribution in [2.75, 3.05) is 29.7 Å². The maximum absolute atomic E-state index is 14.1. The lowest BCUT2D eigenvalue weighted by Gasteiger charge is -2.39. The van der Waals surface area contributed by atoms with Gasteiger partial charge in [0.15, 0.2) is 0 Å². The number of hydrogen-bond acceptors (Lipinski definition) is 5. The van der Waals surface area contributed by atoms with Crippen LogP contribution in [-0.2, 0) is 17.9 Å². The first-order valence-electron chi connectivity index (χ1n) is 14.0. The number of nitrogens with one attached hydrogen (secondary N) is 3. The van der Waals surface area contributed by atoms with Crippen LogP contribution in [0.5, 0.6) is 11.5 Å². The van der Waals surface area contributed by atoms with Crippen molar-refractivity contribution in [2.24, 2.45) is 0 Å². The molecule has 4 aromatic carbocycles. The number of aryl methyl sites for hydroxylation is 1. The Bertz CT molecular complexity index is 1670. The summed E-state index contributed by atoms with van der Waals surface area (Å²) in [5.74, 6) is 0.425. The highest BCUT2D eigenvalue weighted by molar-refractivity contribution is 6.09. The van der Waals surface area contributed by atoms with Gasteiger partial charge >= 0.3 is 6.03 Å². The zero-order valence-electron chi connectivity index (χ0n) is 24.9. The number of carbonyl (C=O) groups excluding carboxylic acids is 2. The van der Waals surface area contributed by atoms with Gasteiger partial charge in [-0.15, -0.1) is 0 Å². The van der Waals surface area contributed by atoms with Gasteiger partial charge in [-0.3, -0.25) is 4.79 Å². The Labute approximate surface area is 250 Å². The first kappa shape index (κ1) is 29.4. The number of hydrogen-bond donors (Lipinski definition) is 3. The molecule has 0 saturated carbocycles. The van der Waals surface area contributed by atoms with Crippen molar-refractivity contribution in [1.82, 2.24) is 5.32 Å². The molecule has 222 valence electrons. The van der Waals surface area contributed by atoms with E-state index >= 15 is 0 Å². The fourth-order valence-corrected chi connectivity index (χ4v) is 5.25. The summed E-state index contributed by atoms with van der Waals surface area (Å²) in [4.78, 5) is 27.5. The Hall–Kier alpha value is -5.05. The molecule has 0 aromatic heterocycles. The lowest BCUT2D eigenvalue weighted by atomic mass is 9.91. The zero-order chi connectivity index (χ0) is 30.7. The molecule has 5 rings (SSSR count). The number of benzene rings is 4. The molecule has 0 aliphatic carbocycles. The number of likely N-dealkylation sites (N-methyl/N-ethyl adjacent to an activating group) is 1. The average Bonchev–Trinajstić information content (AvgIpc) is 2.99. The van der Waals surface area contributed by atoms with Crippen LogP contribution >= 0.6 is 0 Å². The van der Waals surface area contributed by atoms with Crippen molar-refractivity contribution < 1.29 is 23.5 Å². The fraction of sp³-hybridized carbons (Fsp3) is 0.235. The van der Waals surface area contributed by atoms with Crippen LogP contribution < -0.4 is 30.3 Å². The number of nitrogens with zero attached hydrogens (tertiary/aromatic N) is 1. The summed E-state index contributed by atoms with van der Waals surface area (Å²) >= 11 is 0. The maximum atomic E-state index is 14.1. The van der Waals surface area contributed by atoms with Crippen LogP contribution in [0.1, 0.15) is 30.5 Å². The van der Waals surface area contributed by atoms with E-state index in [1.54, 1.807) is 37.3 Å². The Morgan fingerprint density at radius 3 is 2.47 bits per heavy atom. The number of urea groups is 1. The van der Waals surface area contributed by atoms with Gasteiger partial charge in [0.25, 0.3) is 5.91 Å². The first-order valence-corrected chi connectivity index (χ1v) is 14.0. The third kappa shape index (κ3) is 6.25. The van der Waals surface area contributed by atoms with Crippen molar-refractivity contribution in [3.05, 3.63) is 101 Å². The molecule has 1 heterocycles. The van der Waals surface area contributed by atoms with Crippen LogP contribution in [-0.4, -0.2) is 31.6 Å². The van der Waals surface area contributed by atoms with Crippen LogP contribution in [0.2, 0.25) is 0 Å². The summed E-state index contributed by atoms with van der Waals surface area (Å²) in [7, 11) is 3.30. The van der Waals surface area contributed by atoms with E-state index in [4.69, 9.17) is 9.47 Å². The zero-order valence-corrected chi connectivity index (χ0v) is 24.9. The predicted molar refractivity (Wildman–Crippen MR) is 167 cm³/mol. The van der Waals surface area contributed by atoms with Crippen molar-refractivity contribution in [2.45, 2.75) is 39.5 Å². The van der Waals surface area contributed by atoms with Gasteiger partial charge in [-0.25, -0.2) is 9.18 Å². The van der Waals surface area contributed by atoms with Crippen molar-refractivity contribution >= 4 is 29.0 Å². The quantitative estimate of drug-likeness (QED) is 0.211. The summed E-state index contributed by atoms with van der Waals surface area (Å²) < 4.78 is 26.0. The summed E-state index contributed by atoms with van der Waals surface area (Å²) in [6.45, 7) is 5.97. The van der Waals surface area contributed by atoms with E-state index in [-0.39, 0.29) is 18.5 Å². The van der Waals surface area contributed by atoms with Gasteiger partial charge in [0.05, 0.1) is 18.5 Å². The highest BCUT2D eigenvalue weighted by atomic mass is 19.1. The van der Waals surface area contributed by atoms with Gasteiger partial charge in [0, 0.05) is 42.5 Å². The third-order valence-corrected chi connectivity index (χ3v) is 7.47. The van der Waals surface area contributed by atoms with Gasteiger partial charge in [-0.2, -0.15) is 0 Å². The Balaban J connectivity index is 1.49. The maximum Gasteiger partial charge on any atom is 0.319 e.